The van der Waals surface area contributed by atoms with E-state index in [0.717, 1.165) is 0 Å². The SMILES string of the molecule is COc1c(Br)cc(CCC(=O)O)c(O)c1Br. The molecule has 6 heteroatoms. The Morgan fingerprint density at radius 1 is 1.50 bits per heavy atom. The highest BCUT2D eigenvalue weighted by molar-refractivity contribution is 9.11. The Kier molecular flexibility index (Phi) is 4.61. The van der Waals surface area contributed by atoms with Crippen LogP contribution in [0.5, 0.6) is 11.5 Å². The van der Waals surface area contributed by atoms with E-state index in [9.17, 15) is 9.90 Å². The highest BCUT2D eigenvalue weighted by Crippen LogP contribution is 2.42. The lowest BCUT2D eigenvalue weighted by atomic mass is 10.1. The Labute approximate surface area is 109 Å². The molecule has 0 saturated heterocycles. The molecule has 0 atom stereocenters. The topological polar surface area (TPSA) is 66.8 Å². The van der Waals surface area contributed by atoms with Gasteiger partial charge in [0.1, 0.15) is 10.2 Å². The van der Waals surface area contributed by atoms with E-state index >= 15 is 0 Å². The number of carbonyl (C=O) groups is 1. The summed E-state index contributed by atoms with van der Waals surface area (Å²) in [6, 6.07) is 1.65. The number of methoxy groups -OCH3 is 1. The molecule has 0 heterocycles. The van der Waals surface area contributed by atoms with Crippen LogP contribution in [0.25, 0.3) is 0 Å². The molecule has 0 aliphatic carbocycles. The highest BCUT2D eigenvalue weighted by Gasteiger charge is 2.15. The molecule has 0 unspecified atom stereocenters. The maximum absolute atomic E-state index is 10.4. The number of aryl methyl sites for hydroxylation is 1. The molecule has 0 amide bonds. The summed E-state index contributed by atoms with van der Waals surface area (Å²) in [5, 5.41) is 18.4. The first-order chi connectivity index (χ1) is 7.47. The number of benzene rings is 1. The van der Waals surface area contributed by atoms with E-state index in [0.29, 0.717) is 20.3 Å². The summed E-state index contributed by atoms with van der Waals surface area (Å²) in [6.45, 7) is 0. The van der Waals surface area contributed by atoms with E-state index in [1.165, 1.54) is 7.11 Å². The second-order valence-electron chi connectivity index (χ2n) is 3.11. The third-order valence-corrected chi connectivity index (χ3v) is 3.37. The number of halogens is 2. The fourth-order valence-corrected chi connectivity index (χ4v) is 2.79. The third-order valence-electron chi connectivity index (χ3n) is 2.04. The van der Waals surface area contributed by atoms with Gasteiger partial charge in [-0.2, -0.15) is 0 Å². The molecule has 88 valence electrons. The molecule has 1 aromatic carbocycles. The van der Waals surface area contributed by atoms with E-state index in [-0.39, 0.29) is 18.6 Å². The lowest BCUT2D eigenvalue weighted by molar-refractivity contribution is -0.136. The molecule has 0 saturated carbocycles. The summed E-state index contributed by atoms with van der Waals surface area (Å²) in [5.41, 5.74) is 0.557. The van der Waals surface area contributed by atoms with Gasteiger partial charge in [0.2, 0.25) is 0 Å². The van der Waals surface area contributed by atoms with Crippen LogP contribution in [0, 0.1) is 0 Å². The smallest absolute Gasteiger partial charge is 0.303 e. The number of carboxylic acids is 1. The molecule has 0 aliphatic rings. The molecular weight excluding hydrogens is 344 g/mol. The largest absolute Gasteiger partial charge is 0.506 e. The third kappa shape index (κ3) is 2.89. The maximum Gasteiger partial charge on any atom is 0.303 e. The minimum atomic E-state index is -0.900. The van der Waals surface area contributed by atoms with Gasteiger partial charge in [0.25, 0.3) is 0 Å². The van der Waals surface area contributed by atoms with Crippen LogP contribution in [0.1, 0.15) is 12.0 Å². The van der Waals surface area contributed by atoms with Crippen LogP contribution in [0.4, 0.5) is 0 Å². The van der Waals surface area contributed by atoms with Gasteiger partial charge in [0.15, 0.2) is 5.75 Å². The lowest BCUT2D eigenvalue weighted by Crippen LogP contribution is -1.99. The van der Waals surface area contributed by atoms with Crippen molar-refractivity contribution in [1.29, 1.82) is 0 Å². The van der Waals surface area contributed by atoms with Crippen molar-refractivity contribution in [2.45, 2.75) is 12.8 Å². The summed E-state index contributed by atoms with van der Waals surface area (Å²) >= 11 is 6.48. The fraction of sp³-hybridized carbons (Fsp3) is 0.300. The van der Waals surface area contributed by atoms with Crippen LogP contribution in [0.2, 0.25) is 0 Å². The van der Waals surface area contributed by atoms with Crippen LogP contribution >= 0.6 is 31.9 Å². The Morgan fingerprint density at radius 3 is 2.62 bits per heavy atom. The van der Waals surface area contributed by atoms with Crippen LogP contribution in [-0.2, 0) is 11.2 Å². The molecule has 2 N–H and O–H groups in total. The van der Waals surface area contributed by atoms with E-state index in [4.69, 9.17) is 9.84 Å². The zero-order valence-corrected chi connectivity index (χ0v) is 11.6. The number of ether oxygens (including phenoxy) is 1. The standard InChI is InChI=1S/C10H10Br2O4/c1-16-10-6(11)4-5(2-3-7(13)14)9(15)8(10)12/h4,15H,2-3H2,1H3,(H,13,14). The van der Waals surface area contributed by atoms with Gasteiger partial charge < -0.3 is 14.9 Å². The molecular formula is C10H10Br2O4. The summed E-state index contributed by atoms with van der Waals surface area (Å²) < 4.78 is 6.15. The van der Waals surface area contributed by atoms with Gasteiger partial charge in [-0.25, -0.2) is 0 Å². The Morgan fingerprint density at radius 2 is 2.12 bits per heavy atom. The molecule has 1 aromatic rings. The molecule has 0 aromatic heterocycles. The minimum absolute atomic E-state index is 0.0151. The van der Waals surface area contributed by atoms with Gasteiger partial charge in [-0.05, 0) is 49.9 Å². The number of rotatable bonds is 4. The lowest BCUT2D eigenvalue weighted by Gasteiger charge is -2.11. The van der Waals surface area contributed by atoms with Crippen molar-refractivity contribution in [3.63, 3.8) is 0 Å². The van der Waals surface area contributed by atoms with Gasteiger partial charge in [0.05, 0.1) is 11.6 Å². The number of aromatic hydroxyl groups is 1. The van der Waals surface area contributed by atoms with E-state index < -0.39 is 5.97 Å². The number of phenolic OH excluding ortho intramolecular Hbond substituents is 1. The Balaban J connectivity index is 3.08. The summed E-state index contributed by atoms with van der Waals surface area (Å²) in [7, 11) is 1.49. The number of carboxylic acid groups (broad SMARTS) is 1. The average Bonchev–Trinajstić information content (AvgIpc) is 2.22. The first-order valence-corrected chi connectivity index (χ1v) is 6.01. The summed E-state index contributed by atoms with van der Waals surface area (Å²) in [5.74, 6) is -0.402. The maximum atomic E-state index is 10.4. The van der Waals surface area contributed by atoms with Crippen LogP contribution in [0.3, 0.4) is 0 Å². The quantitative estimate of drug-likeness (QED) is 0.873. The van der Waals surface area contributed by atoms with Crippen LogP contribution < -0.4 is 4.74 Å². The summed E-state index contributed by atoms with van der Waals surface area (Å²) in [4.78, 5) is 10.4. The van der Waals surface area contributed by atoms with Crippen molar-refractivity contribution in [1.82, 2.24) is 0 Å². The monoisotopic (exact) mass is 352 g/mol. The molecule has 0 aliphatic heterocycles. The van der Waals surface area contributed by atoms with Crippen molar-refractivity contribution < 1.29 is 19.7 Å². The van der Waals surface area contributed by atoms with E-state index in [2.05, 4.69) is 31.9 Å². The van der Waals surface area contributed by atoms with Gasteiger partial charge in [-0.15, -0.1) is 0 Å². The second kappa shape index (κ2) is 5.54. The van der Waals surface area contributed by atoms with Gasteiger partial charge in [0, 0.05) is 6.42 Å². The molecule has 0 fully saturated rings. The van der Waals surface area contributed by atoms with Crippen LogP contribution in [0.15, 0.2) is 15.0 Å². The van der Waals surface area contributed by atoms with Crippen molar-refractivity contribution in [2.24, 2.45) is 0 Å². The number of hydrogen-bond donors (Lipinski definition) is 2. The van der Waals surface area contributed by atoms with Gasteiger partial charge in [-0.1, -0.05) is 0 Å². The van der Waals surface area contributed by atoms with Crippen molar-refractivity contribution in [2.75, 3.05) is 7.11 Å². The molecule has 16 heavy (non-hydrogen) atoms. The number of phenols is 1. The van der Waals surface area contributed by atoms with Crippen LogP contribution in [-0.4, -0.2) is 23.3 Å². The van der Waals surface area contributed by atoms with Gasteiger partial charge >= 0.3 is 5.97 Å². The van der Waals surface area contributed by atoms with Crippen molar-refractivity contribution in [3.05, 3.63) is 20.6 Å². The second-order valence-corrected chi connectivity index (χ2v) is 4.75. The fourth-order valence-electron chi connectivity index (χ4n) is 1.26. The minimum Gasteiger partial charge on any atom is -0.506 e. The van der Waals surface area contributed by atoms with Crippen molar-refractivity contribution >= 4 is 37.8 Å². The molecule has 0 spiro atoms. The predicted molar refractivity (Wildman–Crippen MR) is 66.0 cm³/mol. The average molecular weight is 354 g/mol. The van der Waals surface area contributed by atoms with Gasteiger partial charge in [-0.3, -0.25) is 4.79 Å². The van der Waals surface area contributed by atoms with Crippen molar-refractivity contribution in [3.8, 4) is 11.5 Å². The molecule has 4 nitrogen and oxygen atoms in total. The Hall–Kier alpha value is -0.750. The number of aliphatic carboxylic acids is 1. The Bertz CT molecular complexity index is 418. The summed E-state index contributed by atoms with van der Waals surface area (Å²) in [6.07, 6.45) is 0.237. The first-order valence-electron chi connectivity index (χ1n) is 4.43. The highest BCUT2D eigenvalue weighted by atomic mass is 79.9. The molecule has 0 bridgehead atoms. The zero-order valence-electron chi connectivity index (χ0n) is 8.46. The normalized spacial score (nSPS) is 10.2. The molecule has 1 rings (SSSR count). The van der Waals surface area contributed by atoms with E-state index in [1.54, 1.807) is 6.07 Å². The number of hydrogen-bond acceptors (Lipinski definition) is 3. The first kappa shape index (κ1) is 13.3. The van der Waals surface area contributed by atoms with E-state index in [1.807, 2.05) is 0 Å². The molecule has 0 radical (unpaired) electrons. The zero-order chi connectivity index (χ0) is 12.3. The predicted octanol–water partition coefficient (Wildman–Crippen LogP) is 2.94.